The number of hydrogen-bond acceptors (Lipinski definition) is 5. The number of rotatable bonds is 7. The predicted octanol–water partition coefficient (Wildman–Crippen LogP) is 2.10. The average Bonchev–Trinajstić information content (AvgIpc) is 3.05. The molecule has 1 fully saturated rings. The lowest BCUT2D eigenvalue weighted by atomic mass is 10.2. The number of morpholine rings is 1. The average molecular weight is 337 g/mol. The first kappa shape index (κ1) is 16.2. The van der Waals surface area contributed by atoms with Crippen LogP contribution in [-0.2, 0) is 11.3 Å². The number of aromatic nitrogens is 3. The Kier molecular flexibility index (Phi) is 5.85. The van der Waals surface area contributed by atoms with Gasteiger partial charge >= 0.3 is 0 Å². The zero-order valence-corrected chi connectivity index (χ0v) is 13.7. The van der Waals surface area contributed by atoms with Crippen LogP contribution in [0.3, 0.4) is 0 Å². The zero-order chi connectivity index (χ0) is 15.9. The number of hydrogen-bond donors (Lipinski definition) is 0. The lowest BCUT2D eigenvalue weighted by Gasteiger charge is -2.32. The van der Waals surface area contributed by atoms with Crippen molar-refractivity contribution in [1.29, 1.82) is 0 Å². The molecule has 2 heterocycles. The van der Waals surface area contributed by atoms with E-state index in [2.05, 4.69) is 15.0 Å². The van der Waals surface area contributed by atoms with Gasteiger partial charge in [-0.3, -0.25) is 9.58 Å². The second-order valence-electron chi connectivity index (χ2n) is 5.57. The Hall–Kier alpha value is -1.63. The lowest BCUT2D eigenvalue weighted by molar-refractivity contribution is -0.0384. The van der Waals surface area contributed by atoms with Crippen molar-refractivity contribution in [2.24, 2.45) is 0 Å². The maximum absolute atomic E-state index is 5.94. The van der Waals surface area contributed by atoms with Gasteiger partial charge in [0.2, 0.25) is 0 Å². The van der Waals surface area contributed by atoms with Crippen LogP contribution in [0.5, 0.6) is 5.75 Å². The Morgan fingerprint density at radius 2 is 2.35 bits per heavy atom. The zero-order valence-electron chi connectivity index (χ0n) is 13.0. The molecule has 0 saturated carbocycles. The Morgan fingerprint density at radius 1 is 1.39 bits per heavy atom. The SMILES string of the molecule is Clc1cccc(OCCCN2CCOC(Cn3cncn3)C2)c1. The smallest absolute Gasteiger partial charge is 0.137 e. The van der Waals surface area contributed by atoms with Gasteiger partial charge in [-0.2, -0.15) is 5.10 Å². The summed E-state index contributed by atoms with van der Waals surface area (Å²) in [5.74, 6) is 0.823. The summed E-state index contributed by atoms with van der Waals surface area (Å²) in [6.45, 7) is 5.06. The van der Waals surface area contributed by atoms with Gasteiger partial charge in [-0.15, -0.1) is 0 Å². The molecule has 7 heteroatoms. The molecule has 0 spiro atoms. The molecule has 3 rings (SSSR count). The van der Waals surface area contributed by atoms with Gasteiger partial charge in [-0.25, -0.2) is 4.98 Å². The van der Waals surface area contributed by atoms with E-state index in [0.29, 0.717) is 11.6 Å². The molecule has 1 aliphatic rings. The fraction of sp³-hybridized carbons (Fsp3) is 0.500. The Balaban J connectivity index is 1.36. The van der Waals surface area contributed by atoms with Crippen LogP contribution in [-0.4, -0.2) is 58.6 Å². The molecule has 23 heavy (non-hydrogen) atoms. The van der Waals surface area contributed by atoms with E-state index < -0.39 is 0 Å². The van der Waals surface area contributed by atoms with Crippen molar-refractivity contribution in [3.8, 4) is 5.75 Å². The van der Waals surface area contributed by atoms with E-state index >= 15 is 0 Å². The van der Waals surface area contributed by atoms with Gasteiger partial charge < -0.3 is 9.47 Å². The molecule has 0 N–H and O–H groups in total. The van der Waals surface area contributed by atoms with Crippen molar-refractivity contribution in [3.05, 3.63) is 41.9 Å². The van der Waals surface area contributed by atoms with Crippen LogP contribution in [0.1, 0.15) is 6.42 Å². The normalized spacial score (nSPS) is 18.9. The number of benzene rings is 1. The van der Waals surface area contributed by atoms with Crippen molar-refractivity contribution < 1.29 is 9.47 Å². The van der Waals surface area contributed by atoms with Crippen LogP contribution in [0.2, 0.25) is 5.02 Å². The van der Waals surface area contributed by atoms with E-state index in [-0.39, 0.29) is 6.10 Å². The van der Waals surface area contributed by atoms with E-state index in [1.165, 1.54) is 0 Å². The number of ether oxygens (including phenoxy) is 2. The third-order valence-electron chi connectivity index (χ3n) is 3.76. The van der Waals surface area contributed by atoms with E-state index in [1.807, 2.05) is 28.9 Å². The minimum Gasteiger partial charge on any atom is -0.493 e. The first-order chi connectivity index (χ1) is 11.3. The van der Waals surface area contributed by atoms with Crippen molar-refractivity contribution >= 4 is 11.6 Å². The van der Waals surface area contributed by atoms with Crippen LogP contribution < -0.4 is 4.74 Å². The first-order valence-electron chi connectivity index (χ1n) is 7.84. The molecule has 1 unspecified atom stereocenters. The van der Waals surface area contributed by atoms with Crippen molar-refractivity contribution in [3.63, 3.8) is 0 Å². The highest BCUT2D eigenvalue weighted by molar-refractivity contribution is 6.30. The molecule has 1 atom stereocenters. The molecular formula is C16H21ClN4O2. The van der Waals surface area contributed by atoms with Gasteiger partial charge in [-0.1, -0.05) is 17.7 Å². The van der Waals surface area contributed by atoms with E-state index in [4.69, 9.17) is 21.1 Å². The van der Waals surface area contributed by atoms with Gasteiger partial charge in [0.25, 0.3) is 0 Å². The predicted molar refractivity (Wildman–Crippen MR) is 87.8 cm³/mol. The topological polar surface area (TPSA) is 52.4 Å². The third-order valence-corrected chi connectivity index (χ3v) is 4.00. The summed E-state index contributed by atoms with van der Waals surface area (Å²) in [5, 5.41) is 4.83. The summed E-state index contributed by atoms with van der Waals surface area (Å²) < 4.78 is 13.3. The molecular weight excluding hydrogens is 316 g/mol. The Morgan fingerprint density at radius 3 is 3.17 bits per heavy atom. The molecule has 0 amide bonds. The highest BCUT2D eigenvalue weighted by Gasteiger charge is 2.20. The van der Waals surface area contributed by atoms with Gasteiger partial charge in [0.15, 0.2) is 0 Å². The second kappa shape index (κ2) is 8.29. The second-order valence-corrected chi connectivity index (χ2v) is 6.01. The highest BCUT2D eigenvalue weighted by Crippen LogP contribution is 2.17. The first-order valence-corrected chi connectivity index (χ1v) is 8.22. The molecule has 1 aliphatic heterocycles. The lowest BCUT2D eigenvalue weighted by Crippen LogP contribution is -2.44. The van der Waals surface area contributed by atoms with E-state index in [1.54, 1.807) is 12.7 Å². The molecule has 1 aromatic heterocycles. The quantitative estimate of drug-likeness (QED) is 0.725. The largest absolute Gasteiger partial charge is 0.493 e. The minimum atomic E-state index is 0.166. The molecule has 0 bridgehead atoms. The molecule has 6 nitrogen and oxygen atoms in total. The Bertz CT molecular complexity index is 594. The summed E-state index contributed by atoms with van der Waals surface area (Å²) >= 11 is 5.94. The third kappa shape index (κ3) is 5.20. The van der Waals surface area contributed by atoms with Crippen molar-refractivity contribution in [2.75, 3.05) is 32.8 Å². The summed E-state index contributed by atoms with van der Waals surface area (Å²) in [4.78, 5) is 6.37. The van der Waals surface area contributed by atoms with E-state index in [0.717, 1.165) is 45.0 Å². The molecule has 1 saturated heterocycles. The summed E-state index contributed by atoms with van der Waals surface area (Å²) in [7, 11) is 0. The van der Waals surface area contributed by atoms with Crippen LogP contribution in [0.4, 0.5) is 0 Å². The van der Waals surface area contributed by atoms with Crippen LogP contribution in [0, 0.1) is 0 Å². The molecule has 124 valence electrons. The maximum Gasteiger partial charge on any atom is 0.137 e. The minimum absolute atomic E-state index is 0.166. The van der Waals surface area contributed by atoms with Gasteiger partial charge in [0.05, 0.1) is 25.9 Å². The van der Waals surface area contributed by atoms with E-state index in [9.17, 15) is 0 Å². The maximum atomic E-state index is 5.94. The molecule has 2 aromatic rings. The van der Waals surface area contributed by atoms with Crippen LogP contribution in [0.25, 0.3) is 0 Å². The van der Waals surface area contributed by atoms with Gasteiger partial charge in [0, 0.05) is 24.7 Å². The summed E-state index contributed by atoms with van der Waals surface area (Å²) in [6.07, 6.45) is 4.41. The summed E-state index contributed by atoms with van der Waals surface area (Å²) in [6, 6.07) is 7.50. The standard InChI is InChI=1S/C16H21ClN4O2/c17-14-3-1-4-15(9-14)22-7-2-5-20-6-8-23-16(10-20)11-21-13-18-12-19-21/h1,3-4,9,12-13,16H,2,5-8,10-11H2. The number of nitrogens with zero attached hydrogens (tertiary/aromatic N) is 4. The van der Waals surface area contributed by atoms with Crippen LogP contribution >= 0.6 is 11.6 Å². The van der Waals surface area contributed by atoms with Crippen molar-refractivity contribution in [1.82, 2.24) is 19.7 Å². The van der Waals surface area contributed by atoms with Gasteiger partial charge in [-0.05, 0) is 24.6 Å². The van der Waals surface area contributed by atoms with Gasteiger partial charge in [0.1, 0.15) is 18.4 Å². The highest BCUT2D eigenvalue weighted by atomic mass is 35.5. The number of halogens is 1. The fourth-order valence-corrected chi connectivity index (χ4v) is 2.84. The molecule has 0 radical (unpaired) electrons. The molecule has 1 aromatic carbocycles. The Labute approximate surface area is 141 Å². The monoisotopic (exact) mass is 336 g/mol. The fourth-order valence-electron chi connectivity index (χ4n) is 2.66. The molecule has 0 aliphatic carbocycles. The summed E-state index contributed by atoms with van der Waals surface area (Å²) in [5.41, 5.74) is 0. The van der Waals surface area contributed by atoms with Crippen LogP contribution in [0.15, 0.2) is 36.9 Å². The van der Waals surface area contributed by atoms with Crippen molar-refractivity contribution in [2.45, 2.75) is 19.1 Å².